The minimum atomic E-state index is 0.583. The van der Waals surface area contributed by atoms with E-state index in [1.807, 2.05) is 0 Å². The molecule has 0 aromatic carbocycles. The molecular formula is C19H34. The Balaban J connectivity index is 1.93. The third-order valence-electron chi connectivity index (χ3n) is 8.39. The van der Waals surface area contributed by atoms with E-state index >= 15 is 0 Å². The Morgan fingerprint density at radius 3 is 2.21 bits per heavy atom. The van der Waals surface area contributed by atoms with Crippen molar-refractivity contribution in [3.8, 4) is 0 Å². The average molecular weight is 262 g/mol. The summed E-state index contributed by atoms with van der Waals surface area (Å²) in [4.78, 5) is 0. The highest BCUT2D eigenvalue weighted by atomic mass is 14.6. The fraction of sp³-hybridized carbons (Fsp3) is 1.00. The van der Waals surface area contributed by atoms with Crippen LogP contribution in [0.25, 0.3) is 0 Å². The van der Waals surface area contributed by atoms with E-state index in [2.05, 4.69) is 34.6 Å². The van der Waals surface area contributed by atoms with Gasteiger partial charge in [-0.15, -0.1) is 0 Å². The van der Waals surface area contributed by atoms with Gasteiger partial charge in [0.15, 0.2) is 0 Å². The first-order valence-corrected chi connectivity index (χ1v) is 8.80. The maximum absolute atomic E-state index is 2.67. The molecule has 0 bridgehead atoms. The fourth-order valence-corrected chi connectivity index (χ4v) is 6.26. The molecule has 0 aliphatic heterocycles. The summed E-state index contributed by atoms with van der Waals surface area (Å²) in [5, 5.41) is 0. The lowest BCUT2D eigenvalue weighted by atomic mass is 9.41. The molecule has 0 amide bonds. The van der Waals surface area contributed by atoms with E-state index in [9.17, 15) is 0 Å². The summed E-state index contributed by atoms with van der Waals surface area (Å²) in [6.07, 6.45) is 12.0. The summed E-state index contributed by atoms with van der Waals surface area (Å²) in [5.74, 6) is 2.96. The van der Waals surface area contributed by atoms with Gasteiger partial charge in [0.1, 0.15) is 0 Å². The second-order valence-electron chi connectivity index (χ2n) is 9.31. The van der Waals surface area contributed by atoms with Gasteiger partial charge in [0.05, 0.1) is 0 Å². The largest absolute Gasteiger partial charge is 0.0617 e. The molecule has 3 saturated carbocycles. The first kappa shape index (κ1) is 14.0. The summed E-state index contributed by atoms with van der Waals surface area (Å²) in [6.45, 7) is 12.9. The van der Waals surface area contributed by atoms with Crippen LogP contribution in [0.3, 0.4) is 0 Å². The van der Waals surface area contributed by atoms with Crippen molar-refractivity contribution >= 4 is 0 Å². The zero-order valence-electron chi connectivity index (χ0n) is 13.9. The molecule has 0 aromatic rings. The van der Waals surface area contributed by atoms with E-state index in [4.69, 9.17) is 0 Å². The average Bonchev–Trinajstić information content (AvgIpc) is 2.34. The third-order valence-corrected chi connectivity index (χ3v) is 8.39. The van der Waals surface area contributed by atoms with E-state index in [0.29, 0.717) is 16.2 Å². The number of rotatable bonds is 0. The molecule has 0 radical (unpaired) electrons. The molecule has 0 N–H and O–H groups in total. The lowest BCUT2D eigenvalue weighted by Gasteiger charge is -2.64. The second kappa shape index (κ2) is 4.25. The number of hydrogen-bond donors (Lipinski definition) is 0. The molecule has 3 aliphatic carbocycles. The highest BCUT2D eigenvalue weighted by Crippen LogP contribution is 2.67. The minimum Gasteiger partial charge on any atom is -0.0617 e. The van der Waals surface area contributed by atoms with Crippen LogP contribution >= 0.6 is 0 Å². The van der Waals surface area contributed by atoms with Crippen molar-refractivity contribution in [3.63, 3.8) is 0 Å². The van der Waals surface area contributed by atoms with Gasteiger partial charge in [-0.05, 0) is 72.5 Å². The van der Waals surface area contributed by atoms with E-state index in [1.54, 1.807) is 0 Å². The molecule has 19 heavy (non-hydrogen) atoms. The number of hydrogen-bond acceptors (Lipinski definition) is 0. The van der Waals surface area contributed by atoms with Crippen LogP contribution in [0, 0.1) is 34.0 Å². The van der Waals surface area contributed by atoms with Crippen LogP contribution in [-0.2, 0) is 0 Å². The summed E-state index contributed by atoms with van der Waals surface area (Å²) in [5.41, 5.74) is 1.90. The molecule has 3 aliphatic rings. The molecule has 0 heteroatoms. The van der Waals surface area contributed by atoms with Gasteiger partial charge in [0, 0.05) is 0 Å². The van der Waals surface area contributed by atoms with Gasteiger partial charge >= 0.3 is 0 Å². The molecule has 0 spiro atoms. The Morgan fingerprint density at radius 1 is 0.789 bits per heavy atom. The van der Waals surface area contributed by atoms with E-state index in [-0.39, 0.29) is 0 Å². The molecule has 0 saturated heterocycles. The Bertz CT molecular complexity index is 355. The summed E-state index contributed by atoms with van der Waals surface area (Å²) >= 11 is 0. The van der Waals surface area contributed by atoms with Crippen molar-refractivity contribution < 1.29 is 0 Å². The maximum atomic E-state index is 2.67. The van der Waals surface area contributed by atoms with Crippen molar-refractivity contribution in [2.24, 2.45) is 34.0 Å². The van der Waals surface area contributed by atoms with E-state index in [0.717, 1.165) is 17.8 Å². The molecule has 0 heterocycles. The topological polar surface area (TPSA) is 0 Å². The fourth-order valence-electron chi connectivity index (χ4n) is 6.26. The molecule has 0 nitrogen and oxygen atoms in total. The van der Waals surface area contributed by atoms with Crippen LogP contribution in [0.2, 0.25) is 0 Å². The van der Waals surface area contributed by atoms with Crippen molar-refractivity contribution in [3.05, 3.63) is 0 Å². The van der Waals surface area contributed by atoms with Crippen LogP contribution < -0.4 is 0 Å². The third kappa shape index (κ3) is 1.84. The summed E-state index contributed by atoms with van der Waals surface area (Å²) < 4.78 is 0. The van der Waals surface area contributed by atoms with Crippen LogP contribution in [-0.4, -0.2) is 0 Å². The predicted molar refractivity (Wildman–Crippen MR) is 83.1 cm³/mol. The lowest BCUT2D eigenvalue weighted by molar-refractivity contribution is -0.147. The Hall–Kier alpha value is 0. The predicted octanol–water partition coefficient (Wildman–Crippen LogP) is 6.06. The lowest BCUT2D eigenvalue weighted by Crippen LogP contribution is -2.56. The molecule has 5 unspecified atom stereocenters. The quantitative estimate of drug-likeness (QED) is 0.498. The molecule has 5 atom stereocenters. The van der Waals surface area contributed by atoms with Crippen LogP contribution in [0.15, 0.2) is 0 Å². The van der Waals surface area contributed by atoms with Gasteiger partial charge in [0.25, 0.3) is 0 Å². The van der Waals surface area contributed by atoms with Crippen molar-refractivity contribution in [1.29, 1.82) is 0 Å². The first-order chi connectivity index (χ1) is 8.80. The molecule has 3 fully saturated rings. The highest BCUT2D eigenvalue weighted by Gasteiger charge is 2.58. The SMILES string of the molecule is CC1C2CCC3(C)CCCCC3(C)C2CCC1(C)C. The zero-order valence-corrected chi connectivity index (χ0v) is 13.9. The van der Waals surface area contributed by atoms with Crippen molar-refractivity contribution in [2.75, 3.05) is 0 Å². The monoisotopic (exact) mass is 262 g/mol. The smallest absolute Gasteiger partial charge is 0.0241 e. The number of fused-ring (bicyclic) bond motifs is 3. The standard InChI is InChI=1S/C19H34/c1-14-15-8-13-18(4)10-6-7-11-19(18,5)16(15)9-12-17(14,2)3/h14-16H,6-13H2,1-5H3. The zero-order chi connectivity index (χ0) is 13.9. The summed E-state index contributed by atoms with van der Waals surface area (Å²) in [7, 11) is 0. The van der Waals surface area contributed by atoms with Gasteiger partial charge in [-0.25, -0.2) is 0 Å². The van der Waals surface area contributed by atoms with Gasteiger partial charge < -0.3 is 0 Å². The Morgan fingerprint density at radius 2 is 1.47 bits per heavy atom. The molecule has 110 valence electrons. The van der Waals surface area contributed by atoms with Crippen LogP contribution in [0.4, 0.5) is 0 Å². The normalized spacial score (nSPS) is 53.2. The second-order valence-corrected chi connectivity index (χ2v) is 9.31. The van der Waals surface area contributed by atoms with Crippen molar-refractivity contribution in [2.45, 2.75) is 86.0 Å². The van der Waals surface area contributed by atoms with E-state index in [1.165, 1.54) is 51.4 Å². The van der Waals surface area contributed by atoms with Gasteiger partial charge in [-0.1, -0.05) is 47.5 Å². The highest BCUT2D eigenvalue weighted by molar-refractivity contribution is 5.08. The van der Waals surface area contributed by atoms with Gasteiger partial charge in [0.2, 0.25) is 0 Å². The summed E-state index contributed by atoms with van der Waals surface area (Å²) in [6, 6.07) is 0. The van der Waals surface area contributed by atoms with Crippen LogP contribution in [0.5, 0.6) is 0 Å². The minimum absolute atomic E-state index is 0.583. The molecular weight excluding hydrogens is 228 g/mol. The van der Waals surface area contributed by atoms with Crippen LogP contribution in [0.1, 0.15) is 86.0 Å². The first-order valence-electron chi connectivity index (χ1n) is 8.80. The molecule has 3 rings (SSSR count). The Labute approximate surface area is 120 Å². The van der Waals surface area contributed by atoms with E-state index < -0.39 is 0 Å². The maximum Gasteiger partial charge on any atom is -0.0241 e. The van der Waals surface area contributed by atoms with Gasteiger partial charge in [-0.3, -0.25) is 0 Å². The van der Waals surface area contributed by atoms with Crippen molar-refractivity contribution in [1.82, 2.24) is 0 Å². The Kier molecular flexibility index (Phi) is 3.12. The molecule has 0 aromatic heterocycles. The van der Waals surface area contributed by atoms with Gasteiger partial charge in [-0.2, -0.15) is 0 Å².